The maximum Gasteiger partial charge on any atom is 0.303 e. The molecule has 0 aliphatic carbocycles. The van der Waals surface area contributed by atoms with Crippen molar-refractivity contribution in [2.75, 3.05) is 13.1 Å². The van der Waals surface area contributed by atoms with E-state index in [0.29, 0.717) is 6.42 Å². The Bertz CT molecular complexity index is 262. The van der Waals surface area contributed by atoms with Gasteiger partial charge >= 0.3 is 5.97 Å². The largest absolute Gasteiger partial charge is 0.481 e. The molecule has 0 aromatic heterocycles. The van der Waals surface area contributed by atoms with Crippen LogP contribution in [0.1, 0.15) is 39.0 Å². The van der Waals surface area contributed by atoms with Gasteiger partial charge in [0.25, 0.3) is 0 Å². The first-order valence-electron chi connectivity index (χ1n) is 6.32. The summed E-state index contributed by atoms with van der Waals surface area (Å²) in [5, 5.41) is 14.7. The van der Waals surface area contributed by atoms with E-state index in [9.17, 15) is 9.59 Å². The molecule has 0 radical (unpaired) electrons. The zero-order valence-electron chi connectivity index (χ0n) is 10.4. The summed E-state index contributed by atoms with van der Waals surface area (Å²) in [7, 11) is 0. The lowest BCUT2D eigenvalue weighted by Gasteiger charge is -2.24. The van der Waals surface area contributed by atoms with E-state index in [4.69, 9.17) is 5.11 Å². The maximum absolute atomic E-state index is 11.8. The summed E-state index contributed by atoms with van der Waals surface area (Å²) in [6, 6.07) is 0.0591. The standard InChI is InChI=1S/C12H22N2O3/c1-9(4-2-6-11(15)16)14-12(17)10-5-3-7-13-8-10/h9-10,13H,2-8H2,1H3,(H,14,17)(H,15,16). The number of carbonyl (C=O) groups excluding carboxylic acids is 1. The third-order valence-electron chi connectivity index (χ3n) is 3.08. The molecule has 3 N–H and O–H groups in total. The normalized spacial score (nSPS) is 21.8. The van der Waals surface area contributed by atoms with Crippen LogP contribution in [0.5, 0.6) is 0 Å². The second-order valence-corrected chi connectivity index (χ2v) is 4.74. The average molecular weight is 242 g/mol. The van der Waals surface area contributed by atoms with Gasteiger partial charge in [0, 0.05) is 19.0 Å². The number of hydrogen-bond donors (Lipinski definition) is 3. The molecule has 0 bridgehead atoms. The fraction of sp³-hybridized carbons (Fsp3) is 0.833. The molecule has 1 saturated heterocycles. The van der Waals surface area contributed by atoms with Crippen LogP contribution in [0.25, 0.3) is 0 Å². The Labute approximate surface area is 102 Å². The minimum absolute atomic E-state index is 0.0591. The SMILES string of the molecule is CC(CCCC(=O)O)NC(=O)C1CCCNC1. The van der Waals surface area contributed by atoms with Crippen LogP contribution in [0.4, 0.5) is 0 Å². The van der Waals surface area contributed by atoms with Gasteiger partial charge < -0.3 is 15.7 Å². The highest BCUT2D eigenvalue weighted by Crippen LogP contribution is 2.10. The molecule has 1 fully saturated rings. The predicted octanol–water partition coefficient (Wildman–Crippen LogP) is 0.746. The Morgan fingerprint density at radius 3 is 2.88 bits per heavy atom. The van der Waals surface area contributed by atoms with Crippen LogP contribution in [0.2, 0.25) is 0 Å². The van der Waals surface area contributed by atoms with Gasteiger partial charge in [-0.1, -0.05) is 0 Å². The average Bonchev–Trinajstić information content (AvgIpc) is 2.29. The van der Waals surface area contributed by atoms with Crippen molar-refractivity contribution in [2.45, 2.75) is 45.1 Å². The van der Waals surface area contributed by atoms with E-state index in [1.54, 1.807) is 0 Å². The van der Waals surface area contributed by atoms with Gasteiger partial charge in [0.05, 0.1) is 5.92 Å². The van der Waals surface area contributed by atoms with E-state index in [1.807, 2.05) is 6.92 Å². The molecule has 1 aliphatic rings. The molecule has 1 amide bonds. The smallest absolute Gasteiger partial charge is 0.303 e. The second kappa shape index (κ2) is 7.27. The molecule has 2 unspecified atom stereocenters. The van der Waals surface area contributed by atoms with Crippen LogP contribution >= 0.6 is 0 Å². The second-order valence-electron chi connectivity index (χ2n) is 4.74. The van der Waals surface area contributed by atoms with Gasteiger partial charge in [-0.2, -0.15) is 0 Å². The summed E-state index contributed by atoms with van der Waals surface area (Å²) >= 11 is 0. The molecule has 2 atom stereocenters. The van der Waals surface area contributed by atoms with Crippen LogP contribution in [0, 0.1) is 5.92 Å². The highest BCUT2D eigenvalue weighted by Gasteiger charge is 2.21. The Kier molecular flexibility index (Phi) is 5.97. The number of carboxylic acids is 1. The van der Waals surface area contributed by atoms with Crippen LogP contribution in [-0.2, 0) is 9.59 Å². The van der Waals surface area contributed by atoms with Crippen LogP contribution in [-0.4, -0.2) is 36.1 Å². The molecular formula is C12H22N2O3. The van der Waals surface area contributed by atoms with E-state index >= 15 is 0 Å². The van der Waals surface area contributed by atoms with Crippen molar-refractivity contribution in [3.05, 3.63) is 0 Å². The number of nitrogens with one attached hydrogen (secondary N) is 2. The highest BCUT2D eigenvalue weighted by molar-refractivity contribution is 5.79. The topological polar surface area (TPSA) is 78.4 Å². The van der Waals surface area contributed by atoms with Crippen molar-refractivity contribution < 1.29 is 14.7 Å². The summed E-state index contributed by atoms with van der Waals surface area (Å²) < 4.78 is 0. The number of aliphatic carboxylic acids is 1. The Balaban J connectivity index is 2.18. The van der Waals surface area contributed by atoms with Gasteiger partial charge in [-0.3, -0.25) is 9.59 Å². The van der Waals surface area contributed by atoms with Gasteiger partial charge in [-0.05, 0) is 39.2 Å². The molecule has 0 aromatic rings. The van der Waals surface area contributed by atoms with Crippen molar-refractivity contribution in [1.29, 1.82) is 0 Å². The monoisotopic (exact) mass is 242 g/mol. The fourth-order valence-corrected chi connectivity index (χ4v) is 2.07. The highest BCUT2D eigenvalue weighted by atomic mass is 16.4. The number of amides is 1. The van der Waals surface area contributed by atoms with Gasteiger partial charge in [0.15, 0.2) is 0 Å². The van der Waals surface area contributed by atoms with Crippen LogP contribution in [0.3, 0.4) is 0 Å². The van der Waals surface area contributed by atoms with E-state index in [2.05, 4.69) is 10.6 Å². The van der Waals surface area contributed by atoms with Gasteiger partial charge in [0.1, 0.15) is 0 Å². The molecule has 17 heavy (non-hydrogen) atoms. The molecular weight excluding hydrogens is 220 g/mol. The quantitative estimate of drug-likeness (QED) is 0.642. The lowest BCUT2D eigenvalue weighted by Crippen LogP contribution is -2.43. The number of hydrogen-bond acceptors (Lipinski definition) is 3. The molecule has 1 aliphatic heterocycles. The maximum atomic E-state index is 11.8. The van der Waals surface area contributed by atoms with Crippen molar-refractivity contribution >= 4 is 11.9 Å². The van der Waals surface area contributed by atoms with E-state index < -0.39 is 5.97 Å². The Hall–Kier alpha value is -1.10. The molecule has 1 heterocycles. The first-order valence-corrected chi connectivity index (χ1v) is 6.32. The lowest BCUT2D eigenvalue weighted by atomic mass is 9.98. The van der Waals surface area contributed by atoms with Crippen molar-refractivity contribution in [1.82, 2.24) is 10.6 Å². The Morgan fingerprint density at radius 2 is 2.29 bits per heavy atom. The van der Waals surface area contributed by atoms with Gasteiger partial charge in [-0.15, -0.1) is 0 Å². The lowest BCUT2D eigenvalue weighted by molar-refractivity contribution is -0.137. The van der Waals surface area contributed by atoms with Gasteiger partial charge in [-0.25, -0.2) is 0 Å². The van der Waals surface area contributed by atoms with Gasteiger partial charge in [0.2, 0.25) is 5.91 Å². The number of carboxylic acid groups (broad SMARTS) is 1. The molecule has 0 spiro atoms. The van der Waals surface area contributed by atoms with Crippen molar-refractivity contribution in [2.24, 2.45) is 5.92 Å². The van der Waals surface area contributed by atoms with E-state index in [0.717, 1.165) is 32.4 Å². The third-order valence-corrected chi connectivity index (χ3v) is 3.08. The zero-order chi connectivity index (χ0) is 12.7. The molecule has 5 heteroatoms. The van der Waals surface area contributed by atoms with E-state index in [-0.39, 0.29) is 24.3 Å². The summed E-state index contributed by atoms with van der Waals surface area (Å²) in [5.74, 6) is -0.606. The number of piperidine rings is 1. The van der Waals surface area contributed by atoms with E-state index in [1.165, 1.54) is 0 Å². The molecule has 1 rings (SSSR count). The molecule has 5 nitrogen and oxygen atoms in total. The molecule has 0 saturated carbocycles. The number of carbonyl (C=O) groups is 2. The summed E-state index contributed by atoms with van der Waals surface area (Å²) in [6.45, 7) is 3.68. The van der Waals surface area contributed by atoms with Crippen LogP contribution in [0.15, 0.2) is 0 Å². The first kappa shape index (κ1) is 14.0. The summed E-state index contributed by atoms with van der Waals surface area (Å²) in [4.78, 5) is 22.2. The zero-order valence-corrected chi connectivity index (χ0v) is 10.4. The Morgan fingerprint density at radius 1 is 1.53 bits per heavy atom. The summed E-state index contributed by atoms with van der Waals surface area (Å²) in [6.07, 6.45) is 3.50. The molecule has 0 aromatic carbocycles. The van der Waals surface area contributed by atoms with Crippen molar-refractivity contribution in [3.8, 4) is 0 Å². The summed E-state index contributed by atoms with van der Waals surface area (Å²) in [5.41, 5.74) is 0. The minimum Gasteiger partial charge on any atom is -0.481 e. The third kappa shape index (κ3) is 5.68. The number of rotatable bonds is 6. The first-order chi connectivity index (χ1) is 8.09. The van der Waals surface area contributed by atoms with Crippen LogP contribution < -0.4 is 10.6 Å². The predicted molar refractivity (Wildman–Crippen MR) is 64.7 cm³/mol. The fourth-order valence-electron chi connectivity index (χ4n) is 2.07. The molecule has 98 valence electrons. The van der Waals surface area contributed by atoms with Crippen molar-refractivity contribution in [3.63, 3.8) is 0 Å². The minimum atomic E-state index is -0.778.